The van der Waals surface area contributed by atoms with E-state index in [1.807, 2.05) is 6.92 Å². The number of hydrogen-bond donors (Lipinski definition) is 1. The average molecular weight is 237 g/mol. The van der Waals surface area contributed by atoms with E-state index in [4.69, 9.17) is 0 Å². The van der Waals surface area contributed by atoms with E-state index in [2.05, 4.69) is 4.98 Å². The molecule has 0 saturated heterocycles. The number of alkyl halides is 3. The van der Waals surface area contributed by atoms with Gasteiger partial charge in [0.2, 0.25) is 0 Å². The molecule has 1 saturated carbocycles. The van der Waals surface area contributed by atoms with Crippen molar-refractivity contribution >= 4 is 11.3 Å². The monoisotopic (exact) mass is 237 g/mol. The molecule has 1 aromatic heterocycles. The summed E-state index contributed by atoms with van der Waals surface area (Å²) in [7, 11) is 0. The minimum atomic E-state index is -4.41. The number of hydrogen-bond acceptors (Lipinski definition) is 3. The van der Waals surface area contributed by atoms with Crippen molar-refractivity contribution in [2.24, 2.45) is 5.92 Å². The highest BCUT2D eigenvalue weighted by atomic mass is 32.1. The quantitative estimate of drug-likeness (QED) is 0.814. The molecule has 1 heterocycles. The van der Waals surface area contributed by atoms with Gasteiger partial charge >= 0.3 is 6.18 Å². The van der Waals surface area contributed by atoms with Crippen molar-refractivity contribution in [2.45, 2.75) is 31.5 Å². The van der Waals surface area contributed by atoms with Crippen molar-refractivity contribution in [1.82, 2.24) is 4.98 Å². The van der Waals surface area contributed by atoms with Gasteiger partial charge in [0.05, 0.1) is 4.88 Å². The number of thiazole rings is 1. The number of rotatable bonds is 1. The van der Waals surface area contributed by atoms with Gasteiger partial charge in [0.25, 0.3) is 0 Å². The van der Waals surface area contributed by atoms with Crippen LogP contribution in [0.15, 0.2) is 6.20 Å². The van der Waals surface area contributed by atoms with Crippen LogP contribution in [-0.4, -0.2) is 10.1 Å². The van der Waals surface area contributed by atoms with Gasteiger partial charge < -0.3 is 5.11 Å². The normalized spacial score (nSPS) is 31.4. The van der Waals surface area contributed by atoms with E-state index in [0.29, 0.717) is 35.0 Å². The fourth-order valence-corrected chi connectivity index (χ4v) is 2.81. The van der Waals surface area contributed by atoms with E-state index < -0.39 is 16.8 Å². The molecule has 2 rings (SSSR count). The lowest BCUT2D eigenvalue weighted by Crippen LogP contribution is -2.38. The Morgan fingerprint density at radius 3 is 2.53 bits per heavy atom. The van der Waals surface area contributed by atoms with Crippen molar-refractivity contribution < 1.29 is 18.3 Å². The first-order chi connectivity index (χ1) is 6.81. The zero-order valence-electron chi connectivity index (χ0n) is 8.01. The Bertz CT molecular complexity index is 368. The maximum Gasteiger partial charge on any atom is 0.443 e. The SMILES string of the molecule is CC1CC(O)(c2cnc(C(F)(F)F)s2)C1. The second-order valence-electron chi connectivity index (χ2n) is 4.07. The predicted octanol–water partition coefficient (Wildman–Crippen LogP) is 2.78. The van der Waals surface area contributed by atoms with E-state index in [-0.39, 0.29) is 0 Å². The Labute approximate surface area is 88.8 Å². The van der Waals surface area contributed by atoms with E-state index in [0.717, 1.165) is 6.20 Å². The minimum absolute atomic E-state index is 0.327. The Balaban J connectivity index is 2.21. The largest absolute Gasteiger partial charge is 0.443 e. The summed E-state index contributed by atoms with van der Waals surface area (Å²) in [6.07, 6.45) is -2.23. The highest BCUT2D eigenvalue weighted by Crippen LogP contribution is 2.48. The third-order valence-electron chi connectivity index (χ3n) is 2.58. The fourth-order valence-electron chi connectivity index (χ4n) is 1.91. The van der Waals surface area contributed by atoms with Crippen LogP contribution in [-0.2, 0) is 11.8 Å². The summed E-state index contributed by atoms with van der Waals surface area (Å²) in [5.74, 6) is 0.367. The maximum absolute atomic E-state index is 12.3. The topological polar surface area (TPSA) is 33.1 Å². The average Bonchev–Trinajstić information content (AvgIpc) is 2.47. The van der Waals surface area contributed by atoms with Crippen LogP contribution in [0, 0.1) is 5.92 Å². The molecule has 0 radical (unpaired) electrons. The summed E-state index contributed by atoms with van der Waals surface area (Å²) < 4.78 is 36.8. The van der Waals surface area contributed by atoms with Gasteiger partial charge in [0, 0.05) is 6.20 Å². The molecule has 1 fully saturated rings. The van der Waals surface area contributed by atoms with Gasteiger partial charge in [0.1, 0.15) is 5.60 Å². The molecular weight excluding hydrogens is 227 g/mol. The van der Waals surface area contributed by atoms with Crippen LogP contribution >= 0.6 is 11.3 Å². The minimum Gasteiger partial charge on any atom is -0.384 e. The molecule has 15 heavy (non-hydrogen) atoms. The van der Waals surface area contributed by atoms with Crippen LogP contribution in [0.2, 0.25) is 0 Å². The first-order valence-electron chi connectivity index (χ1n) is 4.57. The van der Waals surface area contributed by atoms with E-state index >= 15 is 0 Å². The van der Waals surface area contributed by atoms with Crippen molar-refractivity contribution in [1.29, 1.82) is 0 Å². The number of aliphatic hydroxyl groups is 1. The first-order valence-corrected chi connectivity index (χ1v) is 5.39. The maximum atomic E-state index is 12.3. The molecule has 0 unspecified atom stereocenters. The second-order valence-corrected chi connectivity index (χ2v) is 5.10. The van der Waals surface area contributed by atoms with Gasteiger partial charge in [-0.15, -0.1) is 11.3 Å². The molecule has 1 N–H and O–H groups in total. The summed E-state index contributed by atoms with van der Waals surface area (Å²) in [6.45, 7) is 1.96. The number of nitrogens with zero attached hydrogens (tertiary/aromatic N) is 1. The highest BCUT2D eigenvalue weighted by molar-refractivity contribution is 7.11. The van der Waals surface area contributed by atoms with Gasteiger partial charge in [-0.05, 0) is 18.8 Å². The number of aromatic nitrogens is 1. The van der Waals surface area contributed by atoms with E-state index in [1.54, 1.807) is 0 Å². The molecule has 6 heteroatoms. The lowest BCUT2D eigenvalue weighted by atomic mass is 9.71. The fraction of sp³-hybridized carbons (Fsp3) is 0.667. The van der Waals surface area contributed by atoms with Crippen LogP contribution in [0.1, 0.15) is 29.7 Å². The second kappa shape index (κ2) is 3.18. The molecule has 2 nitrogen and oxygen atoms in total. The van der Waals surface area contributed by atoms with Crippen LogP contribution in [0.3, 0.4) is 0 Å². The van der Waals surface area contributed by atoms with Crippen molar-refractivity contribution in [3.8, 4) is 0 Å². The molecular formula is C9H10F3NOS. The standard InChI is InChI=1S/C9H10F3NOS/c1-5-2-8(14,3-5)6-4-13-7(15-6)9(10,11)12/h4-5,14H,2-3H2,1H3. The molecule has 0 amide bonds. The summed E-state index contributed by atoms with van der Waals surface area (Å²) >= 11 is 0.539. The molecule has 0 atom stereocenters. The van der Waals surface area contributed by atoms with Gasteiger partial charge in [-0.2, -0.15) is 13.2 Å². The van der Waals surface area contributed by atoms with Gasteiger partial charge in [-0.3, -0.25) is 0 Å². The van der Waals surface area contributed by atoms with Crippen LogP contribution in [0.4, 0.5) is 13.2 Å². The van der Waals surface area contributed by atoms with Gasteiger partial charge in [-0.1, -0.05) is 6.92 Å². The summed E-state index contributed by atoms with van der Waals surface area (Å²) in [5.41, 5.74) is -1.07. The smallest absolute Gasteiger partial charge is 0.384 e. The molecule has 0 aromatic carbocycles. The van der Waals surface area contributed by atoms with Crippen LogP contribution in [0.25, 0.3) is 0 Å². The lowest BCUT2D eigenvalue weighted by molar-refractivity contribution is -0.137. The lowest BCUT2D eigenvalue weighted by Gasteiger charge is -2.41. The summed E-state index contributed by atoms with van der Waals surface area (Å²) in [6, 6.07) is 0. The Kier molecular flexibility index (Phi) is 2.31. The van der Waals surface area contributed by atoms with Gasteiger partial charge in [-0.25, -0.2) is 4.98 Å². The molecule has 84 valence electrons. The molecule has 1 aliphatic carbocycles. The predicted molar refractivity (Wildman–Crippen MR) is 49.4 cm³/mol. The van der Waals surface area contributed by atoms with Gasteiger partial charge in [0.15, 0.2) is 5.01 Å². The van der Waals surface area contributed by atoms with Crippen molar-refractivity contribution in [3.05, 3.63) is 16.1 Å². The van der Waals surface area contributed by atoms with Crippen LogP contribution in [0.5, 0.6) is 0 Å². The molecule has 1 aromatic rings. The zero-order chi connectivity index (χ0) is 11.3. The molecule has 0 spiro atoms. The van der Waals surface area contributed by atoms with Crippen molar-refractivity contribution in [2.75, 3.05) is 0 Å². The van der Waals surface area contributed by atoms with E-state index in [1.165, 1.54) is 0 Å². The summed E-state index contributed by atoms with van der Waals surface area (Å²) in [5, 5.41) is 9.05. The first kappa shape index (κ1) is 10.9. The van der Waals surface area contributed by atoms with E-state index in [9.17, 15) is 18.3 Å². The molecule has 1 aliphatic rings. The Morgan fingerprint density at radius 1 is 1.53 bits per heavy atom. The van der Waals surface area contributed by atoms with Crippen molar-refractivity contribution in [3.63, 3.8) is 0 Å². The highest BCUT2D eigenvalue weighted by Gasteiger charge is 2.45. The summed E-state index contributed by atoms with van der Waals surface area (Å²) in [4.78, 5) is 3.62. The number of halogens is 3. The van der Waals surface area contributed by atoms with Crippen LogP contribution < -0.4 is 0 Å². The third-order valence-corrected chi connectivity index (χ3v) is 3.81. The Hall–Kier alpha value is -0.620. The Morgan fingerprint density at radius 2 is 2.13 bits per heavy atom. The molecule has 0 bridgehead atoms. The molecule has 0 aliphatic heterocycles. The third kappa shape index (κ3) is 1.88. The zero-order valence-corrected chi connectivity index (χ0v) is 8.82.